The van der Waals surface area contributed by atoms with Gasteiger partial charge in [0, 0.05) is 30.9 Å². The van der Waals surface area contributed by atoms with E-state index in [1.54, 1.807) is 13.3 Å². The van der Waals surface area contributed by atoms with Crippen molar-refractivity contribution in [3.63, 3.8) is 0 Å². The summed E-state index contributed by atoms with van der Waals surface area (Å²) >= 11 is 0. The zero-order valence-corrected chi connectivity index (χ0v) is 9.94. The molecule has 2 heterocycles. The number of hydrogen-bond donors (Lipinski definition) is 1. The van der Waals surface area contributed by atoms with E-state index >= 15 is 0 Å². The molecule has 0 amide bonds. The minimum Gasteiger partial charge on any atom is -0.481 e. The molecule has 0 aromatic carbocycles. The molecule has 0 bridgehead atoms. The summed E-state index contributed by atoms with van der Waals surface area (Å²) in [5.41, 5.74) is 1.12. The van der Waals surface area contributed by atoms with E-state index in [0.717, 1.165) is 24.5 Å². The molecule has 1 aromatic heterocycles. The summed E-state index contributed by atoms with van der Waals surface area (Å²) in [5.74, 6) is 0.723. The summed E-state index contributed by atoms with van der Waals surface area (Å²) in [6, 6.07) is 4.59. The van der Waals surface area contributed by atoms with E-state index in [9.17, 15) is 0 Å². The van der Waals surface area contributed by atoms with E-state index in [4.69, 9.17) is 4.74 Å². The van der Waals surface area contributed by atoms with Crippen LogP contribution in [-0.4, -0.2) is 43.2 Å². The Balaban J connectivity index is 1.89. The standard InChI is InChI=1S/C12H19N3O/c1-15-7-5-11(9-15)14-8-10-4-3-6-13-12(10)16-2/h3-4,6,11,14H,5,7-9H2,1-2H3. The third-order valence-electron chi connectivity index (χ3n) is 3.02. The predicted octanol–water partition coefficient (Wildman–Crippen LogP) is 0.884. The van der Waals surface area contributed by atoms with Gasteiger partial charge in [-0.1, -0.05) is 6.07 Å². The summed E-state index contributed by atoms with van der Waals surface area (Å²) in [6.07, 6.45) is 2.98. The first-order valence-electron chi connectivity index (χ1n) is 5.69. The maximum Gasteiger partial charge on any atom is 0.217 e. The van der Waals surface area contributed by atoms with E-state index in [1.807, 2.05) is 6.07 Å². The van der Waals surface area contributed by atoms with Crippen LogP contribution in [0.3, 0.4) is 0 Å². The van der Waals surface area contributed by atoms with Gasteiger partial charge in [-0.25, -0.2) is 4.98 Å². The fourth-order valence-corrected chi connectivity index (χ4v) is 2.10. The quantitative estimate of drug-likeness (QED) is 0.819. The highest BCUT2D eigenvalue weighted by molar-refractivity contribution is 5.25. The first kappa shape index (κ1) is 11.4. The minimum absolute atomic E-state index is 0.593. The number of likely N-dealkylation sites (N-methyl/N-ethyl adjacent to an activating group) is 1. The van der Waals surface area contributed by atoms with Crippen LogP contribution in [0.5, 0.6) is 5.88 Å². The van der Waals surface area contributed by atoms with Crippen molar-refractivity contribution in [2.45, 2.75) is 19.0 Å². The molecule has 0 spiro atoms. The molecule has 1 fully saturated rings. The largest absolute Gasteiger partial charge is 0.481 e. The smallest absolute Gasteiger partial charge is 0.217 e. The molecule has 4 heteroatoms. The van der Waals surface area contributed by atoms with Crippen molar-refractivity contribution >= 4 is 0 Å². The maximum atomic E-state index is 5.22. The Hall–Kier alpha value is -1.13. The highest BCUT2D eigenvalue weighted by Crippen LogP contribution is 2.14. The van der Waals surface area contributed by atoms with Gasteiger partial charge in [0.25, 0.3) is 0 Å². The van der Waals surface area contributed by atoms with Crippen LogP contribution < -0.4 is 10.1 Å². The number of pyridine rings is 1. The average molecular weight is 221 g/mol. The highest BCUT2D eigenvalue weighted by atomic mass is 16.5. The van der Waals surface area contributed by atoms with Crippen LogP contribution in [0.4, 0.5) is 0 Å². The summed E-state index contributed by atoms with van der Waals surface area (Å²) in [7, 11) is 3.82. The Morgan fingerprint density at radius 1 is 1.62 bits per heavy atom. The number of methoxy groups -OCH3 is 1. The number of aromatic nitrogens is 1. The summed E-state index contributed by atoms with van der Waals surface area (Å²) in [6.45, 7) is 3.14. The second-order valence-electron chi connectivity index (χ2n) is 4.30. The molecule has 1 aliphatic heterocycles. The van der Waals surface area contributed by atoms with Gasteiger partial charge in [-0.3, -0.25) is 0 Å². The molecule has 1 saturated heterocycles. The average Bonchev–Trinajstić information content (AvgIpc) is 2.73. The lowest BCUT2D eigenvalue weighted by atomic mass is 10.2. The van der Waals surface area contributed by atoms with Crippen molar-refractivity contribution in [2.75, 3.05) is 27.2 Å². The van der Waals surface area contributed by atoms with Crippen LogP contribution in [0, 0.1) is 0 Å². The van der Waals surface area contributed by atoms with Crippen LogP contribution in [0.1, 0.15) is 12.0 Å². The van der Waals surface area contributed by atoms with Crippen molar-refractivity contribution < 1.29 is 4.74 Å². The Kier molecular flexibility index (Phi) is 3.74. The Morgan fingerprint density at radius 3 is 3.19 bits per heavy atom. The van der Waals surface area contributed by atoms with Gasteiger partial charge in [-0.15, -0.1) is 0 Å². The van der Waals surface area contributed by atoms with E-state index in [2.05, 4.69) is 28.3 Å². The molecule has 88 valence electrons. The summed E-state index contributed by atoms with van der Waals surface area (Å²) < 4.78 is 5.22. The van der Waals surface area contributed by atoms with E-state index in [0.29, 0.717) is 6.04 Å². The highest BCUT2D eigenvalue weighted by Gasteiger charge is 2.18. The zero-order chi connectivity index (χ0) is 11.4. The Morgan fingerprint density at radius 2 is 2.50 bits per heavy atom. The molecular weight excluding hydrogens is 202 g/mol. The normalized spacial score (nSPS) is 21.2. The molecule has 0 radical (unpaired) electrons. The third-order valence-corrected chi connectivity index (χ3v) is 3.02. The lowest BCUT2D eigenvalue weighted by molar-refractivity contribution is 0.382. The van der Waals surface area contributed by atoms with Crippen LogP contribution in [0.2, 0.25) is 0 Å². The number of nitrogens with zero attached hydrogens (tertiary/aromatic N) is 2. The molecule has 1 N–H and O–H groups in total. The van der Waals surface area contributed by atoms with Crippen LogP contribution >= 0.6 is 0 Å². The van der Waals surface area contributed by atoms with Gasteiger partial charge in [0.15, 0.2) is 0 Å². The van der Waals surface area contributed by atoms with E-state index in [-0.39, 0.29) is 0 Å². The lowest BCUT2D eigenvalue weighted by Gasteiger charge is -2.13. The number of hydrogen-bond acceptors (Lipinski definition) is 4. The van der Waals surface area contributed by atoms with Crippen LogP contribution in [0.25, 0.3) is 0 Å². The monoisotopic (exact) mass is 221 g/mol. The van der Waals surface area contributed by atoms with Crippen molar-refractivity contribution in [1.82, 2.24) is 15.2 Å². The fourth-order valence-electron chi connectivity index (χ4n) is 2.10. The van der Waals surface area contributed by atoms with Gasteiger partial charge in [-0.2, -0.15) is 0 Å². The number of nitrogens with one attached hydrogen (secondary N) is 1. The van der Waals surface area contributed by atoms with Gasteiger partial charge in [0.1, 0.15) is 0 Å². The molecule has 1 aromatic rings. The molecule has 0 aliphatic carbocycles. The molecule has 1 unspecified atom stereocenters. The minimum atomic E-state index is 0.593. The number of likely N-dealkylation sites (tertiary alicyclic amines) is 1. The van der Waals surface area contributed by atoms with Gasteiger partial charge in [0.2, 0.25) is 5.88 Å². The molecular formula is C12H19N3O. The lowest BCUT2D eigenvalue weighted by Crippen LogP contribution is -2.31. The summed E-state index contributed by atoms with van der Waals surface area (Å²) in [5, 5.41) is 3.54. The molecule has 4 nitrogen and oxygen atoms in total. The van der Waals surface area contributed by atoms with Crippen molar-refractivity contribution in [3.8, 4) is 5.88 Å². The SMILES string of the molecule is COc1ncccc1CNC1CCN(C)C1. The first-order chi connectivity index (χ1) is 7.79. The summed E-state index contributed by atoms with van der Waals surface area (Å²) in [4.78, 5) is 6.53. The van der Waals surface area contributed by atoms with Crippen LogP contribution in [0.15, 0.2) is 18.3 Å². The molecule has 0 saturated carbocycles. The first-order valence-corrected chi connectivity index (χ1v) is 5.69. The van der Waals surface area contributed by atoms with E-state index in [1.165, 1.54) is 13.0 Å². The number of rotatable bonds is 4. The fraction of sp³-hybridized carbons (Fsp3) is 0.583. The second-order valence-corrected chi connectivity index (χ2v) is 4.30. The van der Waals surface area contributed by atoms with Crippen molar-refractivity contribution in [2.24, 2.45) is 0 Å². The topological polar surface area (TPSA) is 37.4 Å². The van der Waals surface area contributed by atoms with Crippen LogP contribution in [-0.2, 0) is 6.54 Å². The maximum absolute atomic E-state index is 5.22. The van der Waals surface area contributed by atoms with Crippen molar-refractivity contribution in [1.29, 1.82) is 0 Å². The molecule has 1 atom stereocenters. The third kappa shape index (κ3) is 2.71. The van der Waals surface area contributed by atoms with Gasteiger partial charge < -0.3 is 15.0 Å². The van der Waals surface area contributed by atoms with Gasteiger partial charge in [0.05, 0.1) is 7.11 Å². The number of ether oxygens (including phenoxy) is 1. The van der Waals surface area contributed by atoms with Gasteiger partial charge >= 0.3 is 0 Å². The van der Waals surface area contributed by atoms with E-state index < -0.39 is 0 Å². The predicted molar refractivity (Wildman–Crippen MR) is 63.5 cm³/mol. The van der Waals surface area contributed by atoms with Crippen molar-refractivity contribution in [3.05, 3.63) is 23.9 Å². The Bertz CT molecular complexity index is 343. The zero-order valence-electron chi connectivity index (χ0n) is 9.94. The van der Waals surface area contributed by atoms with Gasteiger partial charge in [-0.05, 0) is 26.1 Å². The molecule has 2 rings (SSSR count). The molecule has 1 aliphatic rings. The second kappa shape index (κ2) is 5.27. The molecule has 16 heavy (non-hydrogen) atoms. The Labute approximate surface area is 96.6 Å².